The van der Waals surface area contributed by atoms with Gasteiger partial charge in [0, 0.05) is 43.5 Å². The first-order valence-electron chi connectivity index (χ1n) is 9.79. The number of aliphatic imine (C=N–C) groups is 1. The lowest BCUT2D eigenvalue weighted by atomic mass is 9.95. The zero-order valence-corrected chi connectivity index (χ0v) is 17.5. The Labute approximate surface area is 172 Å². The molecule has 1 aliphatic rings. The molecule has 7 heteroatoms. The average Bonchev–Trinajstić information content (AvgIpc) is 2.65. The summed E-state index contributed by atoms with van der Waals surface area (Å²) in [6, 6.07) is 6.28. The standard InChI is InChI=1S/C22H32FN3O3/c1-16(21(25-11-10-24)29-22(2,3)4)13-26-12-9-19(27)17(14-26)15-28-20-8-6-5-7-18(20)23/h5-8,10-11,17,19,27H,1,9,12-15,24H2,2-4H3/b11-10-,25-21+/t17-,19-/m1/s1. The van der Waals surface area contributed by atoms with Gasteiger partial charge in [-0.2, -0.15) is 0 Å². The molecular formula is C22H32FN3O3. The maximum Gasteiger partial charge on any atom is 0.217 e. The molecule has 6 nitrogen and oxygen atoms in total. The Bertz CT molecular complexity index is 743. The van der Waals surface area contributed by atoms with Crippen LogP contribution in [0.4, 0.5) is 4.39 Å². The Hall–Kier alpha value is -2.38. The molecule has 1 fully saturated rings. The zero-order valence-electron chi connectivity index (χ0n) is 17.5. The molecule has 0 bridgehead atoms. The van der Waals surface area contributed by atoms with E-state index in [0.29, 0.717) is 32.0 Å². The second-order valence-electron chi connectivity index (χ2n) is 8.19. The Kier molecular flexibility index (Phi) is 8.22. The molecule has 1 aromatic carbocycles. The third kappa shape index (κ3) is 7.51. The van der Waals surface area contributed by atoms with Crippen LogP contribution in [0.15, 0.2) is 53.8 Å². The zero-order chi connectivity index (χ0) is 21.4. The van der Waals surface area contributed by atoms with Crippen LogP contribution in [0, 0.1) is 11.7 Å². The number of rotatable bonds is 7. The quantitative estimate of drug-likeness (QED) is 0.538. The summed E-state index contributed by atoms with van der Waals surface area (Å²) in [4.78, 5) is 6.42. The van der Waals surface area contributed by atoms with Crippen molar-refractivity contribution in [2.24, 2.45) is 16.6 Å². The first-order chi connectivity index (χ1) is 13.7. The molecular weight excluding hydrogens is 373 g/mol. The van der Waals surface area contributed by atoms with Crippen molar-refractivity contribution in [2.75, 3.05) is 26.2 Å². The Morgan fingerprint density at radius 3 is 2.79 bits per heavy atom. The van der Waals surface area contributed by atoms with E-state index >= 15 is 0 Å². The van der Waals surface area contributed by atoms with Gasteiger partial charge in [0.15, 0.2) is 11.6 Å². The van der Waals surface area contributed by atoms with Crippen molar-refractivity contribution in [3.05, 3.63) is 54.6 Å². The highest BCUT2D eigenvalue weighted by atomic mass is 19.1. The van der Waals surface area contributed by atoms with Crippen LogP contribution in [0.2, 0.25) is 0 Å². The fraction of sp³-hybridized carbons (Fsp3) is 0.500. The summed E-state index contributed by atoms with van der Waals surface area (Å²) in [5.74, 6) is 0.0903. The van der Waals surface area contributed by atoms with Gasteiger partial charge in [-0.05, 0) is 39.3 Å². The number of aliphatic hydroxyl groups excluding tert-OH is 1. The van der Waals surface area contributed by atoms with Crippen LogP contribution in [-0.2, 0) is 4.74 Å². The molecule has 0 aromatic heterocycles. The Morgan fingerprint density at radius 1 is 1.41 bits per heavy atom. The number of hydrogen-bond acceptors (Lipinski definition) is 6. The number of benzene rings is 1. The first kappa shape index (κ1) is 22.9. The number of halogens is 1. The van der Waals surface area contributed by atoms with Gasteiger partial charge in [0.1, 0.15) is 5.60 Å². The molecule has 0 saturated carbocycles. The van der Waals surface area contributed by atoms with Crippen molar-refractivity contribution in [2.45, 2.75) is 38.9 Å². The van der Waals surface area contributed by atoms with Crippen molar-refractivity contribution < 1.29 is 19.0 Å². The molecule has 0 spiro atoms. The largest absolute Gasteiger partial charge is 0.490 e. The second kappa shape index (κ2) is 10.4. The molecule has 1 aliphatic heterocycles. The van der Waals surface area contributed by atoms with Crippen molar-refractivity contribution in [1.82, 2.24) is 4.90 Å². The molecule has 3 N–H and O–H groups in total. The van der Waals surface area contributed by atoms with Crippen LogP contribution in [0.25, 0.3) is 0 Å². The number of piperidine rings is 1. The minimum atomic E-state index is -0.495. The van der Waals surface area contributed by atoms with E-state index in [1.54, 1.807) is 18.2 Å². The SMILES string of the molecule is C=C(CN1CC[C@@H](O)[C@@H](COc2ccccc2F)C1)/C(=N\C=C/N)OC(C)(C)C. The molecule has 160 valence electrons. The predicted molar refractivity (Wildman–Crippen MR) is 113 cm³/mol. The third-order valence-corrected chi connectivity index (χ3v) is 4.47. The van der Waals surface area contributed by atoms with Crippen LogP contribution in [0.5, 0.6) is 5.75 Å². The monoisotopic (exact) mass is 405 g/mol. The van der Waals surface area contributed by atoms with Gasteiger partial charge in [0.05, 0.1) is 12.7 Å². The minimum absolute atomic E-state index is 0.135. The third-order valence-electron chi connectivity index (χ3n) is 4.47. The lowest BCUT2D eigenvalue weighted by molar-refractivity contribution is 0.00782. The number of para-hydroxylation sites is 1. The highest BCUT2D eigenvalue weighted by Crippen LogP contribution is 2.22. The molecule has 0 unspecified atom stereocenters. The summed E-state index contributed by atoms with van der Waals surface area (Å²) in [5.41, 5.74) is 5.71. The van der Waals surface area contributed by atoms with E-state index in [1.807, 2.05) is 20.8 Å². The molecule has 0 aliphatic carbocycles. The number of hydrogen-bond donors (Lipinski definition) is 2. The maximum absolute atomic E-state index is 13.8. The van der Waals surface area contributed by atoms with E-state index in [0.717, 1.165) is 5.57 Å². The van der Waals surface area contributed by atoms with Gasteiger partial charge in [-0.25, -0.2) is 9.38 Å². The van der Waals surface area contributed by atoms with E-state index in [9.17, 15) is 9.50 Å². The van der Waals surface area contributed by atoms with Crippen molar-refractivity contribution in [3.8, 4) is 5.75 Å². The molecule has 0 amide bonds. The van der Waals surface area contributed by atoms with E-state index in [2.05, 4.69) is 16.5 Å². The fourth-order valence-electron chi connectivity index (χ4n) is 3.09. The summed E-state index contributed by atoms with van der Waals surface area (Å²) in [7, 11) is 0. The summed E-state index contributed by atoms with van der Waals surface area (Å²) in [6.45, 7) is 12.0. The second-order valence-corrected chi connectivity index (χ2v) is 8.19. The smallest absolute Gasteiger partial charge is 0.217 e. The average molecular weight is 406 g/mol. The number of nitrogens with zero attached hydrogens (tertiary/aromatic N) is 2. The summed E-state index contributed by atoms with van der Waals surface area (Å²) >= 11 is 0. The van der Waals surface area contributed by atoms with Crippen LogP contribution in [0.1, 0.15) is 27.2 Å². The molecule has 2 atom stereocenters. The lowest BCUT2D eigenvalue weighted by Gasteiger charge is -2.36. The summed E-state index contributed by atoms with van der Waals surface area (Å²) < 4.78 is 25.3. The van der Waals surface area contributed by atoms with Crippen LogP contribution < -0.4 is 10.5 Å². The van der Waals surface area contributed by atoms with Crippen molar-refractivity contribution in [1.29, 1.82) is 0 Å². The van der Waals surface area contributed by atoms with E-state index in [1.165, 1.54) is 18.5 Å². The number of nitrogens with two attached hydrogens (primary N) is 1. The number of likely N-dealkylation sites (tertiary alicyclic amines) is 1. The van der Waals surface area contributed by atoms with Gasteiger partial charge in [0.25, 0.3) is 0 Å². The van der Waals surface area contributed by atoms with Crippen molar-refractivity contribution in [3.63, 3.8) is 0 Å². The van der Waals surface area contributed by atoms with E-state index in [-0.39, 0.29) is 18.3 Å². The summed E-state index contributed by atoms with van der Waals surface area (Å²) in [6.07, 6.45) is 2.92. The predicted octanol–water partition coefficient (Wildman–Crippen LogP) is 3.09. The number of aliphatic hydroxyl groups is 1. The fourth-order valence-corrected chi connectivity index (χ4v) is 3.09. The van der Waals surface area contributed by atoms with Gasteiger partial charge >= 0.3 is 0 Å². The lowest BCUT2D eigenvalue weighted by Crippen LogP contribution is -2.46. The van der Waals surface area contributed by atoms with Crippen LogP contribution >= 0.6 is 0 Å². The topological polar surface area (TPSA) is 80.3 Å². The summed E-state index contributed by atoms with van der Waals surface area (Å²) in [5, 5.41) is 10.4. The van der Waals surface area contributed by atoms with E-state index in [4.69, 9.17) is 15.2 Å². The minimum Gasteiger partial charge on any atom is -0.490 e. The highest BCUT2D eigenvalue weighted by Gasteiger charge is 2.29. The normalized spacial score (nSPS) is 21.3. The molecule has 1 heterocycles. The van der Waals surface area contributed by atoms with Gasteiger partial charge in [-0.3, -0.25) is 4.90 Å². The highest BCUT2D eigenvalue weighted by molar-refractivity contribution is 5.94. The van der Waals surface area contributed by atoms with Gasteiger partial charge < -0.3 is 20.3 Å². The number of ether oxygens (including phenoxy) is 2. The maximum atomic E-state index is 13.8. The molecule has 0 radical (unpaired) electrons. The Morgan fingerprint density at radius 2 is 2.14 bits per heavy atom. The molecule has 29 heavy (non-hydrogen) atoms. The van der Waals surface area contributed by atoms with Gasteiger partial charge in [-0.1, -0.05) is 18.7 Å². The first-order valence-corrected chi connectivity index (χ1v) is 9.79. The Balaban J connectivity index is 1.97. The van der Waals surface area contributed by atoms with Gasteiger partial charge in [-0.15, -0.1) is 0 Å². The molecule has 1 saturated heterocycles. The van der Waals surface area contributed by atoms with Crippen molar-refractivity contribution >= 4 is 5.90 Å². The van der Waals surface area contributed by atoms with E-state index < -0.39 is 17.5 Å². The van der Waals surface area contributed by atoms with Gasteiger partial charge in [0.2, 0.25) is 5.90 Å². The molecule has 2 rings (SSSR count). The molecule has 1 aromatic rings. The van der Waals surface area contributed by atoms with Crippen LogP contribution in [0.3, 0.4) is 0 Å². The van der Waals surface area contributed by atoms with Crippen LogP contribution in [-0.4, -0.2) is 53.9 Å².